The molecule has 1 aromatic rings. The summed E-state index contributed by atoms with van der Waals surface area (Å²) in [5.74, 6) is 0.784. The van der Waals surface area contributed by atoms with E-state index < -0.39 is 0 Å². The largest absolute Gasteiger partial charge is 0.383 e. The van der Waals surface area contributed by atoms with Crippen molar-refractivity contribution in [3.8, 4) is 0 Å². The van der Waals surface area contributed by atoms with Crippen molar-refractivity contribution >= 4 is 17.4 Å². The number of methoxy groups -OCH3 is 2. The first-order chi connectivity index (χ1) is 8.19. The number of ether oxygens (including phenoxy) is 2. The molecule has 1 unspecified atom stereocenters. The lowest BCUT2D eigenvalue weighted by molar-refractivity contribution is 0.170. The van der Waals surface area contributed by atoms with Gasteiger partial charge in [0.1, 0.15) is 17.3 Å². The van der Waals surface area contributed by atoms with Gasteiger partial charge < -0.3 is 14.4 Å². The molecule has 6 heteroatoms. The van der Waals surface area contributed by atoms with Crippen LogP contribution in [0.15, 0.2) is 12.4 Å². The molecule has 0 radical (unpaired) electrons. The molecule has 0 fully saturated rings. The number of rotatable bonds is 7. The van der Waals surface area contributed by atoms with Crippen LogP contribution in [0.25, 0.3) is 0 Å². The van der Waals surface area contributed by atoms with E-state index >= 15 is 0 Å². The van der Waals surface area contributed by atoms with Crippen LogP contribution in [0.1, 0.15) is 6.92 Å². The summed E-state index contributed by atoms with van der Waals surface area (Å²) in [5.41, 5.74) is 0. The fraction of sp³-hybridized carbons (Fsp3) is 0.636. The number of hydrogen-bond acceptors (Lipinski definition) is 5. The molecule has 1 atom stereocenters. The Hall–Kier alpha value is -0.910. The van der Waals surface area contributed by atoms with E-state index in [9.17, 15) is 0 Å². The van der Waals surface area contributed by atoms with Gasteiger partial charge >= 0.3 is 0 Å². The van der Waals surface area contributed by atoms with Gasteiger partial charge in [0.15, 0.2) is 0 Å². The van der Waals surface area contributed by atoms with Gasteiger partial charge in [0.25, 0.3) is 0 Å². The Morgan fingerprint density at radius 3 is 2.71 bits per heavy atom. The van der Waals surface area contributed by atoms with Gasteiger partial charge in [-0.15, -0.1) is 0 Å². The van der Waals surface area contributed by atoms with Gasteiger partial charge in [-0.1, -0.05) is 11.6 Å². The van der Waals surface area contributed by atoms with E-state index in [1.165, 1.54) is 6.33 Å². The van der Waals surface area contributed by atoms with Crippen LogP contribution in [-0.4, -0.2) is 50.0 Å². The average molecular weight is 260 g/mol. The van der Waals surface area contributed by atoms with E-state index in [2.05, 4.69) is 21.8 Å². The SMILES string of the molecule is COCCN(c1cc(Cl)ncn1)C(C)COC. The molecule has 1 aromatic heterocycles. The molecule has 0 spiro atoms. The van der Waals surface area contributed by atoms with E-state index in [0.717, 1.165) is 12.4 Å². The van der Waals surface area contributed by atoms with Crippen LogP contribution in [0.4, 0.5) is 5.82 Å². The topological polar surface area (TPSA) is 47.5 Å². The average Bonchev–Trinajstić information content (AvgIpc) is 2.30. The van der Waals surface area contributed by atoms with Gasteiger partial charge in [-0.05, 0) is 6.92 Å². The molecule has 0 saturated heterocycles. The molecule has 5 nitrogen and oxygen atoms in total. The second-order valence-corrected chi connectivity index (χ2v) is 4.08. The van der Waals surface area contributed by atoms with Gasteiger partial charge in [-0.2, -0.15) is 0 Å². The minimum absolute atomic E-state index is 0.195. The van der Waals surface area contributed by atoms with Crippen molar-refractivity contribution in [1.29, 1.82) is 0 Å². The van der Waals surface area contributed by atoms with Crippen molar-refractivity contribution < 1.29 is 9.47 Å². The van der Waals surface area contributed by atoms with E-state index in [-0.39, 0.29) is 6.04 Å². The Kier molecular flexibility index (Phi) is 6.18. The summed E-state index contributed by atoms with van der Waals surface area (Å²) in [7, 11) is 3.35. The Bertz CT molecular complexity index is 338. The summed E-state index contributed by atoms with van der Waals surface area (Å²) in [6.07, 6.45) is 1.46. The van der Waals surface area contributed by atoms with Crippen molar-refractivity contribution in [3.05, 3.63) is 17.5 Å². The third kappa shape index (κ3) is 4.46. The molecule has 0 N–H and O–H groups in total. The molecule has 0 saturated carbocycles. The number of anilines is 1. The Balaban J connectivity index is 2.81. The summed E-state index contributed by atoms with van der Waals surface area (Å²) in [4.78, 5) is 10.2. The number of nitrogens with zero attached hydrogens (tertiary/aromatic N) is 3. The first-order valence-electron chi connectivity index (χ1n) is 5.41. The first kappa shape index (κ1) is 14.2. The molecule has 0 aliphatic carbocycles. The van der Waals surface area contributed by atoms with Crippen LogP contribution in [0.3, 0.4) is 0 Å². The minimum Gasteiger partial charge on any atom is -0.383 e. The molecule has 17 heavy (non-hydrogen) atoms. The summed E-state index contributed by atoms with van der Waals surface area (Å²) >= 11 is 5.86. The van der Waals surface area contributed by atoms with Crippen molar-refractivity contribution in [3.63, 3.8) is 0 Å². The van der Waals surface area contributed by atoms with E-state index in [1.807, 2.05) is 0 Å². The van der Waals surface area contributed by atoms with Crippen molar-refractivity contribution in [2.75, 3.05) is 38.9 Å². The van der Waals surface area contributed by atoms with Crippen molar-refractivity contribution in [2.24, 2.45) is 0 Å². The van der Waals surface area contributed by atoms with Crippen LogP contribution in [0.5, 0.6) is 0 Å². The Labute approximate surface area is 107 Å². The molecule has 0 aromatic carbocycles. The maximum Gasteiger partial charge on any atom is 0.134 e. The molecule has 0 aliphatic heterocycles. The zero-order valence-corrected chi connectivity index (χ0v) is 11.1. The quantitative estimate of drug-likeness (QED) is 0.697. The second kappa shape index (κ2) is 7.42. The van der Waals surface area contributed by atoms with Crippen LogP contribution in [0.2, 0.25) is 5.15 Å². The molecule has 1 heterocycles. The van der Waals surface area contributed by atoms with Crippen molar-refractivity contribution in [1.82, 2.24) is 9.97 Å². The number of hydrogen-bond donors (Lipinski definition) is 0. The Morgan fingerprint density at radius 1 is 1.35 bits per heavy atom. The number of halogens is 1. The smallest absolute Gasteiger partial charge is 0.134 e. The van der Waals surface area contributed by atoms with E-state index in [0.29, 0.717) is 18.4 Å². The highest BCUT2D eigenvalue weighted by Crippen LogP contribution is 2.16. The Morgan fingerprint density at radius 2 is 2.12 bits per heavy atom. The van der Waals surface area contributed by atoms with Gasteiger partial charge in [0, 0.05) is 26.8 Å². The van der Waals surface area contributed by atoms with E-state index in [4.69, 9.17) is 21.1 Å². The van der Waals surface area contributed by atoms with Gasteiger partial charge in [0.05, 0.1) is 19.3 Å². The van der Waals surface area contributed by atoms with Crippen molar-refractivity contribution in [2.45, 2.75) is 13.0 Å². The molecule has 0 aliphatic rings. The third-order valence-corrected chi connectivity index (χ3v) is 2.60. The maximum atomic E-state index is 5.86. The lowest BCUT2D eigenvalue weighted by Gasteiger charge is -2.29. The van der Waals surface area contributed by atoms with Gasteiger partial charge in [-0.25, -0.2) is 9.97 Å². The highest BCUT2D eigenvalue weighted by Gasteiger charge is 2.15. The maximum absolute atomic E-state index is 5.86. The monoisotopic (exact) mass is 259 g/mol. The number of aromatic nitrogens is 2. The molecule has 96 valence electrons. The zero-order chi connectivity index (χ0) is 12.7. The molecule has 0 amide bonds. The second-order valence-electron chi connectivity index (χ2n) is 3.69. The summed E-state index contributed by atoms with van der Waals surface area (Å²) in [5, 5.41) is 0.432. The lowest BCUT2D eigenvalue weighted by atomic mass is 10.3. The molecular formula is C11H18ClN3O2. The highest BCUT2D eigenvalue weighted by molar-refractivity contribution is 6.29. The summed E-state index contributed by atoms with van der Waals surface area (Å²) in [6.45, 7) is 4.03. The highest BCUT2D eigenvalue weighted by atomic mass is 35.5. The normalized spacial score (nSPS) is 12.5. The third-order valence-electron chi connectivity index (χ3n) is 2.39. The first-order valence-corrected chi connectivity index (χ1v) is 5.79. The molecular weight excluding hydrogens is 242 g/mol. The lowest BCUT2D eigenvalue weighted by Crippen LogP contribution is -2.39. The zero-order valence-electron chi connectivity index (χ0n) is 10.4. The standard InChI is InChI=1S/C11H18ClN3O2/c1-9(7-17-3)15(4-5-16-2)11-6-10(12)13-8-14-11/h6,8-9H,4-5,7H2,1-3H3. The molecule has 1 rings (SSSR count). The fourth-order valence-corrected chi connectivity index (χ4v) is 1.70. The predicted octanol–water partition coefficient (Wildman–Crippen LogP) is 1.62. The predicted molar refractivity (Wildman–Crippen MR) is 67.6 cm³/mol. The van der Waals surface area contributed by atoms with Gasteiger partial charge in [-0.3, -0.25) is 0 Å². The summed E-state index contributed by atoms with van der Waals surface area (Å²) < 4.78 is 10.3. The summed E-state index contributed by atoms with van der Waals surface area (Å²) in [6, 6.07) is 1.93. The van der Waals surface area contributed by atoms with Crippen LogP contribution >= 0.6 is 11.6 Å². The van der Waals surface area contributed by atoms with Crippen LogP contribution in [-0.2, 0) is 9.47 Å². The van der Waals surface area contributed by atoms with Crippen LogP contribution in [0, 0.1) is 0 Å². The van der Waals surface area contributed by atoms with Crippen LogP contribution < -0.4 is 4.90 Å². The fourth-order valence-electron chi connectivity index (χ4n) is 1.56. The minimum atomic E-state index is 0.195. The molecule has 0 bridgehead atoms. The van der Waals surface area contributed by atoms with E-state index in [1.54, 1.807) is 20.3 Å². The van der Waals surface area contributed by atoms with Gasteiger partial charge in [0.2, 0.25) is 0 Å².